The number of ether oxygens (including phenoxy) is 1. The molecule has 1 fully saturated rings. The Labute approximate surface area is 173 Å². The maximum atomic E-state index is 13.4. The van der Waals surface area contributed by atoms with Crippen LogP contribution in [-0.2, 0) is 9.53 Å². The van der Waals surface area contributed by atoms with E-state index >= 15 is 0 Å². The van der Waals surface area contributed by atoms with Gasteiger partial charge in [-0.2, -0.15) is 0 Å². The number of carbonyl (C=O) groups is 1. The molecule has 1 amide bonds. The fourth-order valence-corrected chi connectivity index (χ4v) is 3.17. The van der Waals surface area contributed by atoms with Crippen LogP contribution >= 0.6 is 0 Å². The molecule has 7 nitrogen and oxygen atoms in total. The molecule has 0 bridgehead atoms. The van der Waals surface area contributed by atoms with Gasteiger partial charge in [-0.15, -0.1) is 0 Å². The molecule has 1 aromatic carbocycles. The lowest BCUT2D eigenvalue weighted by Gasteiger charge is -2.34. The highest BCUT2D eigenvalue weighted by Gasteiger charge is 2.22. The number of guanidine groups is 1. The fourth-order valence-electron chi connectivity index (χ4n) is 3.17. The summed E-state index contributed by atoms with van der Waals surface area (Å²) in [7, 11) is 0. The molecule has 1 aromatic rings. The second-order valence-electron chi connectivity index (χ2n) is 6.96. The van der Waals surface area contributed by atoms with Crippen molar-refractivity contribution in [2.45, 2.75) is 32.7 Å². The predicted octanol–water partition coefficient (Wildman–Crippen LogP) is 1.67. The van der Waals surface area contributed by atoms with Gasteiger partial charge in [-0.1, -0.05) is 19.1 Å². The van der Waals surface area contributed by atoms with Gasteiger partial charge in [-0.3, -0.25) is 14.7 Å². The van der Waals surface area contributed by atoms with Gasteiger partial charge in [0.25, 0.3) is 0 Å². The topological polar surface area (TPSA) is 78.0 Å². The highest BCUT2D eigenvalue weighted by atomic mass is 19.1. The summed E-state index contributed by atoms with van der Waals surface area (Å²) < 4.78 is 18.8. The fraction of sp³-hybridized carbons (Fsp3) is 0.619. The molecule has 0 saturated carbocycles. The van der Waals surface area contributed by atoms with Crippen LogP contribution in [0.25, 0.3) is 0 Å². The van der Waals surface area contributed by atoms with Gasteiger partial charge in [-0.25, -0.2) is 4.39 Å². The van der Waals surface area contributed by atoms with E-state index in [0.717, 1.165) is 31.6 Å². The summed E-state index contributed by atoms with van der Waals surface area (Å²) in [6.45, 7) is 9.52. The lowest BCUT2D eigenvalue weighted by molar-refractivity contribution is -0.120. The van der Waals surface area contributed by atoms with Crippen LogP contribution in [0, 0.1) is 5.82 Å². The van der Waals surface area contributed by atoms with Gasteiger partial charge in [0.15, 0.2) is 5.96 Å². The first-order chi connectivity index (χ1) is 14.1. The van der Waals surface area contributed by atoms with Crippen molar-refractivity contribution < 1.29 is 13.9 Å². The molecule has 29 heavy (non-hydrogen) atoms. The second-order valence-corrected chi connectivity index (χ2v) is 6.96. The number of carbonyl (C=O) groups excluding carboxylic acids is 1. The Kier molecular flexibility index (Phi) is 10.4. The molecule has 0 radical (unpaired) electrons. The molecule has 1 aliphatic rings. The van der Waals surface area contributed by atoms with Crippen molar-refractivity contribution in [2.75, 3.05) is 52.5 Å². The van der Waals surface area contributed by atoms with Crippen LogP contribution in [0.15, 0.2) is 29.3 Å². The normalized spacial score (nSPS) is 16.3. The van der Waals surface area contributed by atoms with Crippen LogP contribution in [0.1, 0.15) is 38.3 Å². The van der Waals surface area contributed by atoms with Gasteiger partial charge >= 0.3 is 0 Å². The Balaban J connectivity index is 2.00. The summed E-state index contributed by atoms with van der Waals surface area (Å²) >= 11 is 0. The minimum absolute atomic E-state index is 0.0349. The minimum Gasteiger partial charge on any atom is -0.379 e. The third-order valence-corrected chi connectivity index (χ3v) is 4.72. The summed E-state index contributed by atoms with van der Waals surface area (Å²) in [6.07, 6.45) is 1.32. The van der Waals surface area contributed by atoms with E-state index in [2.05, 4.69) is 20.9 Å². The zero-order chi connectivity index (χ0) is 20.9. The van der Waals surface area contributed by atoms with Crippen LogP contribution in [0.2, 0.25) is 0 Å². The highest BCUT2D eigenvalue weighted by Crippen LogP contribution is 2.22. The predicted molar refractivity (Wildman–Crippen MR) is 113 cm³/mol. The average molecular weight is 408 g/mol. The van der Waals surface area contributed by atoms with Crippen molar-refractivity contribution in [1.29, 1.82) is 0 Å². The van der Waals surface area contributed by atoms with Crippen LogP contribution < -0.4 is 16.0 Å². The molecule has 3 N–H and O–H groups in total. The lowest BCUT2D eigenvalue weighted by atomic mass is 10.0. The Morgan fingerprint density at radius 2 is 1.86 bits per heavy atom. The molecule has 1 aliphatic heterocycles. The van der Waals surface area contributed by atoms with E-state index in [1.165, 1.54) is 12.1 Å². The molecule has 1 saturated heterocycles. The van der Waals surface area contributed by atoms with Crippen LogP contribution in [0.3, 0.4) is 0 Å². The first-order valence-corrected chi connectivity index (χ1v) is 10.5. The average Bonchev–Trinajstić information content (AvgIpc) is 2.74. The number of hydrogen-bond donors (Lipinski definition) is 3. The molecule has 8 heteroatoms. The zero-order valence-electron chi connectivity index (χ0n) is 17.5. The Bertz CT molecular complexity index is 632. The number of hydrogen-bond acceptors (Lipinski definition) is 4. The molecule has 2 rings (SSSR count). The van der Waals surface area contributed by atoms with E-state index in [1.807, 2.05) is 26.0 Å². The summed E-state index contributed by atoms with van der Waals surface area (Å²) in [6, 6.07) is 6.67. The number of benzene rings is 1. The van der Waals surface area contributed by atoms with Gasteiger partial charge in [0.05, 0.1) is 25.8 Å². The van der Waals surface area contributed by atoms with Crippen molar-refractivity contribution in [2.24, 2.45) is 4.99 Å². The highest BCUT2D eigenvalue weighted by molar-refractivity contribution is 5.81. The molecule has 1 unspecified atom stereocenters. The number of rotatable bonds is 10. The van der Waals surface area contributed by atoms with Crippen molar-refractivity contribution >= 4 is 11.9 Å². The SMILES string of the molecule is CCCNC(=O)CCNC(=NCC(c1ccc(F)cc1)N1CCOCC1)NCC. The van der Waals surface area contributed by atoms with E-state index in [9.17, 15) is 9.18 Å². The maximum Gasteiger partial charge on any atom is 0.221 e. The minimum atomic E-state index is -0.241. The number of aliphatic imine (C=N–C) groups is 1. The summed E-state index contributed by atoms with van der Waals surface area (Å²) in [5, 5.41) is 9.31. The van der Waals surface area contributed by atoms with E-state index in [4.69, 9.17) is 9.73 Å². The largest absolute Gasteiger partial charge is 0.379 e. The molecular weight excluding hydrogens is 373 g/mol. The number of amides is 1. The van der Waals surface area contributed by atoms with Gasteiger partial charge in [0.2, 0.25) is 5.91 Å². The molecule has 0 spiro atoms. The molecule has 0 aromatic heterocycles. The van der Waals surface area contributed by atoms with E-state index in [-0.39, 0.29) is 17.8 Å². The van der Waals surface area contributed by atoms with Gasteiger partial charge < -0.3 is 20.7 Å². The van der Waals surface area contributed by atoms with E-state index in [1.54, 1.807) is 0 Å². The summed E-state index contributed by atoms with van der Waals surface area (Å²) in [4.78, 5) is 18.8. The Morgan fingerprint density at radius 1 is 1.14 bits per heavy atom. The standard InChI is InChI=1S/C21H34FN5O2/c1-3-10-24-20(28)9-11-25-21(23-4-2)26-16-19(27-12-14-29-15-13-27)17-5-7-18(22)8-6-17/h5-8,19H,3-4,9-16H2,1-2H3,(H,24,28)(H2,23,25,26). The maximum absolute atomic E-state index is 13.4. The number of halogens is 1. The molecular formula is C21H34FN5O2. The van der Waals surface area contributed by atoms with E-state index in [0.29, 0.717) is 45.2 Å². The number of morpholine rings is 1. The van der Waals surface area contributed by atoms with E-state index < -0.39 is 0 Å². The molecule has 1 heterocycles. The Morgan fingerprint density at radius 3 is 2.52 bits per heavy atom. The van der Waals surface area contributed by atoms with Gasteiger partial charge in [0.1, 0.15) is 5.82 Å². The monoisotopic (exact) mass is 407 g/mol. The van der Waals surface area contributed by atoms with Crippen LogP contribution in [0.5, 0.6) is 0 Å². The third-order valence-electron chi connectivity index (χ3n) is 4.72. The van der Waals surface area contributed by atoms with Crippen molar-refractivity contribution in [3.63, 3.8) is 0 Å². The van der Waals surface area contributed by atoms with Crippen molar-refractivity contribution in [3.8, 4) is 0 Å². The lowest BCUT2D eigenvalue weighted by Crippen LogP contribution is -2.42. The van der Waals surface area contributed by atoms with Crippen LogP contribution in [-0.4, -0.2) is 69.2 Å². The third kappa shape index (κ3) is 8.37. The quantitative estimate of drug-likeness (QED) is 0.406. The molecule has 1 atom stereocenters. The molecule has 0 aliphatic carbocycles. The second kappa shape index (κ2) is 13.1. The Hall–Kier alpha value is -2.19. The van der Waals surface area contributed by atoms with Gasteiger partial charge in [-0.05, 0) is 31.0 Å². The first-order valence-electron chi connectivity index (χ1n) is 10.5. The molecule has 162 valence electrons. The van der Waals surface area contributed by atoms with Gasteiger partial charge in [0, 0.05) is 39.1 Å². The zero-order valence-corrected chi connectivity index (χ0v) is 17.5. The van der Waals surface area contributed by atoms with Crippen molar-refractivity contribution in [3.05, 3.63) is 35.6 Å². The number of nitrogens with one attached hydrogen (secondary N) is 3. The smallest absolute Gasteiger partial charge is 0.221 e. The van der Waals surface area contributed by atoms with Crippen molar-refractivity contribution in [1.82, 2.24) is 20.9 Å². The first kappa shape index (κ1) is 23.1. The van der Waals surface area contributed by atoms with Crippen LogP contribution in [0.4, 0.5) is 4.39 Å². The summed E-state index contributed by atoms with van der Waals surface area (Å²) in [5.41, 5.74) is 1.03. The number of nitrogens with zero attached hydrogens (tertiary/aromatic N) is 2. The summed E-state index contributed by atoms with van der Waals surface area (Å²) in [5.74, 6) is 0.471.